The van der Waals surface area contributed by atoms with Gasteiger partial charge in [0.05, 0.1) is 30.0 Å². The van der Waals surface area contributed by atoms with E-state index in [1.54, 1.807) is 6.33 Å². The molecule has 4 rings (SSSR count). The molecule has 2 heterocycles. The highest BCUT2D eigenvalue weighted by Gasteiger charge is 2.27. The standard InChI is InChI=1S/C22H27F2N5OS/c1-29(22-17-8-9-25-21(17)26-13-27-22)16-5-2-14(3-6-16)12-31-28-11-20(30)15-4-7-18(23)19(24)10-15/h4,7-10,13-14,16,20,28,30H,2-3,5-6,11-12H2,1H3,(H,25,26,27)/p+1. The number of aromatic nitrogens is 3. The summed E-state index contributed by atoms with van der Waals surface area (Å²) < 4.78 is 29.5. The van der Waals surface area contributed by atoms with Crippen molar-refractivity contribution in [3.63, 3.8) is 0 Å². The van der Waals surface area contributed by atoms with Crippen molar-refractivity contribution in [3.05, 3.63) is 54.0 Å². The number of nitrogens with zero attached hydrogens (tertiary/aromatic N) is 3. The number of H-pyrrole nitrogens is 1. The molecule has 1 saturated carbocycles. The van der Waals surface area contributed by atoms with Crippen LogP contribution in [0.4, 0.5) is 14.6 Å². The number of hydrogen-bond donors (Lipinski definition) is 3. The predicted octanol–water partition coefficient (Wildman–Crippen LogP) is 3.28. The van der Waals surface area contributed by atoms with Gasteiger partial charge in [0.1, 0.15) is 23.5 Å². The molecule has 9 heteroatoms. The van der Waals surface area contributed by atoms with E-state index in [1.807, 2.05) is 12.3 Å². The zero-order valence-corrected chi connectivity index (χ0v) is 18.3. The Balaban J connectivity index is 1.20. The topological polar surface area (TPSA) is 77.1 Å². The van der Waals surface area contributed by atoms with Gasteiger partial charge < -0.3 is 15.0 Å². The molecule has 1 fully saturated rings. The van der Waals surface area contributed by atoms with Crippen molar-refractivity contribution in [3.8, 4) is 0 Å². The Morgan fingerprint density at radius 2 is 2.00 bits per heavy atom. The summed E-state index contributed by atoms with van der Waals surface area (Å²) in [5.41, 5.74) is 1.24. The fraction of sp³-hybridized carbons (Fsp3) is 0.455. The molecule has 0 spiro atoms. The Hall–Kier alpha value is -2.23. The van der Waals surface area contributed by atoms with Crippen LogP contribution in [-0.4, -0.2) is 45.4 Å². The Morgan fingerprint density at radius 1 is 1.19 bits per heavy atom. The van der Waals surface area contributed by atoms with Gasteiger partial charge in [0.15, 0.2) is 11.6 Å². The van der Waals surface area contributed by atoms with Crippen LogP contribution in [0.2, 0.25) is 0 Å². The minimum Gasteiger partial charge on any atom is -0.387 e. The Bertz CT molecular complexity index is 1010. The lowest BCUT2D eigenvalue weighted by atomic mass is 9.86. The summed E-state index contributed by atoms with van der Waals surface area (Å²) in [6.07, 6.45) is 7.17. The molecule has 1 atom stereocenters. The van der Waals surface area contributed by atoms with Crippen LogP contribution >= 0.6 is 0 Å². The number of hydrogen-bond acceptors (Lipinski definition) is 5. The van der Waals surface area contributed by atoms with Crippen LogP contribution in [0.15, 0.2) is 36.8 Å². The van der Waals surface area contributed by atoms with E-state index in [4.69, 9.17) is 0 Å². The van der Waals surface area contributed by atoms with Crippen LogP contribution < -0.4 is 9.62 Å². The lowest BCUT2D eigenvalue weighted by Gasteiger charge is -2.34. The van der Waals surface area contributed by atoms with Crippen LogP contribution in [0.25, 0.3) is 11.0 Å². The second-order valence-electron chi connectivity index (χ2n) is 8.11. The van der Waals surface area contributed by atoms with Gasteiger partial charge in [0.25, 0.3) is 0 Å². The Kier molecular flexibility index (Phi) is 7.04. The number of benzene rings is 1. The number of aromatic amines is 1. The van der Waals surface area contributed by atoms with Crippen LogP contribution in [0.5, 0.6) is 0 Å². The van der Waals surface area contributed by atoms with E-state index in [-0.39, 0.29) is 0 Å². The molecule has 1 aromatic carbocycles. The third-order valence-corrected chi connectivity index (χ3v) is 7.21. The number of aliphatic hydroxyl groups excluding tert-OH is 1. The van der Waals surface area contributed by atoms with E-state index >= 15 is 0 Å². The molecule has 0 saturated heterocycles. The SMILES string of the molecule is CN(c1ncnc2[nH]ccc12)C1CCC(C[SH+]NCC(O)c2ccc(F)c(F)c2)CC1. The molecule has 3 aromatic rings. The van der Waals surface area contributed by atoms with Crippen molar-refractivity contribution in [1.82, 2.24) is 19.7 Å². The first-order valence-electron chi connectivity index (χ1n) is 10.6. The molecular formula is C22H28F2N5OS+. The third kappa shape index (κ3) is 5.16. The second kappa shape index (κ2) is 9.93. The number of anilines is 1. The van der Waals surface area contributed by atoms with Crippen molar-refractivity contribution in [2.75, 3.05) is 24.2 Å². The van der Waals surface area contributed by atoms with Gasteiger partial charge in [-0.15, -0.1) is 4.72 Å². The van der Waals surface area contributed by atoms with Gasteiger partial charge in [-0.1, -0.05) is 6.07 Å². The summed E-state index contributed by atoms with van der Waals surface area (Å²) in [5, 5.41) is 11.2. The normalized spacial score (nSPS) is 20.1. The third-order valence-electron chi connectivity index (χ3n) is 6.11. The summed E-state index contributed by atoms with van der Waals surface area (Å²) in [7, 11) is 2.11. The van der Waals surface area contributed by atoms with Crippen LogP contribution in [-0.2, 0) is 11.9 Å². The monoisotopic (exact) mass is 448 g/mol. The summed E-state index contributed by atoms with van der Waals surface area (Å²) in [5.74, 6) is 0.782. The largest absolute Gasteiger partial charge is 0.387 e. The van der Waals surface area contributed by atoms with Crippen molar-refractivity contribution >= 4 is 28.8 Å². The number of nitrogens with one attached hydrogen (secondary N) is 2. The van der Waals surface area contributed by atoms with Crippen LogP contribution in [0.3, 0.4) is 0 Å². The first-order valence-corrected chi connectivity index (χ1v) is 11.6. The quantitative estimate of drug-likeness (QED) is 0.280. The highest BCUT2D eigenvalue weighted by molar-refractivity contribution is 7.76. The second-order valence-corrected chi connectivity index (χ2v) is 9.11. The molecule has 3 N–H and O–H groups in total. The molecule has 0 radical (unpaired) electrons. The van der Waals surface area contributed by atoms with Gasteiger partial charge in [-0.25, -0.2) is 18.7 Å². The first-order chi connectivity index (χ1) is 15.0. The molecule has 6 nitrogen and oxygen atoms in total. The number of fused-ring (bicyclic) bond motifs is 1. The predicted molar refractivity (Wildman–Crippen MR) is 121 cm³/mol. The average molecular weight is 449 g/mol. The highest BCUT2D eigenvalue weighted by Crippen LogP contribution is 2.31. The summed E-state index contributed by atoms with van der Waals surface area (Å²) >= 11 is 1.06. The van der Waals surface area contributed by atoms with Crippen LogP contribution in [0, 0.1) is 17.6 Å². The van der Waals surface area contributed by atoms with E-state index in [9.17, 15) is 13.9 Å². The molecule has 1 unspecified atom stereocenters. The zero-order chi connectivity index (χ0) is 21.8. The molecular weight excluding hydrogens is 420 g/mol. The molecule has 31 heavy (non-hydrogen) atoms. The van der Waals surface area contributed by atoms with Gasteiger partial charge in [-0.2, -0.15) is 0 Å². The Labute approximate surface area is 184 Å². The smallest absolute Gasteiger partial charge is 0.159 e. The van der Waals surface area contributed by atoms with Crippen LogP contribution in [0.1, 0.15) is 37.4 Å². The van der Waals surface area contributed by atoms with E-state index in [0.717, 1.165) is 72.4 Å². The maximum absolute atomic E-state index is 13.3. The minimum atomic E-state index is -0.935. The van der Waals surface area contributed by atoms with E-state index in [0.29, 0.717) is 24.1 Å². The first kappa shape index (κ1) is 22.0. The van der Waals surface area contributed by atoms with Gasteiger partial charge >= 0.3 is 0 Å². The van der Waals surface area contributed by atoms with Crippen molar-refractivity contribution in [2.24, 2.45) is 5.92 Å². The highest BCUT2D eigenvalue weighted by atomic mass is 32.2. The summed E-state index contributed by atoms with van der Waals surface area (Å²) in [4.78, 5) is 14.2. The fourth-order valence-corrected chi connectivity index (χ4v) is 5.26. The van der Waals surface area contributed by atoms with Crippen molar-refractivity contribution < 1.29 is 13.9 Å². The maximum Gasteiger partial charge on any atom is 0.159 e. The fourth-order valence-electron chi connectivity index (χ4n) is 4.21. The summed E-state index contributed by atoms with van der Waals surface area (Å²) in [6, 6.07) is 5.99. The van der Waals surface area contributed by atoms with E-state index < -0.39 is 17.7 Å². The Morgan fingerprint density at radius 3 is 2.77 bits per heavy atom. The number of thiol groups is 1. The minimum absolute atomic E-state index is 0.311. The van der Waals surface area contributed by atoms with Gasteiger partial charge in [-0.05, 0) is 49.4 Å². The molecule has 0 aliphatic heterocycles. The number of halogens is 2. The molecule has 1 aliphatic carbocycles. The molecule has 166 valence electrons. The number of rotatable bonds is 8. The maximum atomic E-state index is 13.3. The van der Waals surface area contributed by atoms with Crippen molar-refractivity contribution in [1.29, 1.82) is 0 Å². The molecule has 0 amide bonds. The van der Waals surface area contributed by atoms with Gasteiger partial charge in [0, 0.05) is 25.2 Å². The number of aliphatic hydroxyl groups is 1. The van der Waals surface area contributed by atoms with Gasteiger partial charge in [-0.3, -0.25) is 0 Å². The van der Waals surface area contributed by atoms with Crippen molar-refractivity contribution in [2.45, 2.75) is 37.8 Å². The average Bonchev–Trinajstić information content (AvgIpc) is 3.27. The lowest BCUT2D eigenvalue weighted by molar-refractivity contribution is 0.182. The van der Waals surface area contributed by atoms with E-state index in [1.165, 1.54) is 6.07 Å². The lowest BCUT2D eigenvalue weighted by Crippen LogP contribution is -2.37. The molecule has 2 aromatic heterocycles. The molecule has 0 bridgehead atoms. The van der Waals surface area contributed by atoms with Gasteiger partial charge in [0.2, 0.25) is 0 Å². The van der Waals surface area contributed by atoms with E-state index in [2.05, 4.69) is 31.6 Å². The molecule has 1 aliphatic rings. The zero-order valence-electron chi connectivity index (χ0n) is 17.4. The summed E-state index contributed by atoms with van der Waals surface area (Å²) in [6.45, 7) is 0.311.